The zero-order chi connectivity index (χ0) is 20.6. The van der Waals surface area contributed by atoms with Crippen molar-refractivity contribution in [3.8, 4) is 0 Å². The number of rotatable bonds is 9. The van der Waals surface area contributed by atoms with Crippen molar-refractivity contribution >= 4 is 18.5 Å². The van der Waals surface area contributed by atoms with E-state index >= 15 is 0 Å². The highest BCUT2D eigenvalue weighted by atomic mass is 31.1. The van der Waals surface area contributed by atoms with Crippen molar-refractivity contribution in [1.29, 1.82) is 0 Å². The summed E-state index contributed by atoms with van der Waals surface area (Å²) in [5.74, 6) is 0. The second-order valence-electron chi connectivity index (χ2n) is 9.00. The highest BCUT2D eigenvalue weighted by Gasteiger charge is 2.29. The SMILES string of the molecule is CCCCc1cccc(P(c2cccc(C)c2C)C2CCCCC2)c1CCCC. The molecule has 1 atom stereocenters. The highest BCUT2D eigenvalue weighted by molar-refractivity contribution is 7.73. The summed E-state index contributed by atoms with van der Waals surface area (Å²) >= 11 is 0. The van der Waals surface area contributed by atoms with Gasteiger partial charge in [0.25, 0.3) is 0 Å². The van der Waals surface area contributed by atoms with Crippen LogP contribution in [0, 0.1) is 13.8 Å². The predicted octanol–water partition coefficient (Wildman–Crippen LogP) is 7.75. The second-order valence-corrected chi connectivity index (χ2v) is 11.4. The van der Waals surface area contributed by atoms with Gasteiger partial charge in [-0.2, -0.15) is 0 Å². The van der Waals surface area contributed by atoms with Gasteiger partial charge in [-0.05, 0) is 98.8 Å². The Kier molecular flexibility index (Phi) is 8.80. The fourth-order valence-corrected chi connectivity index (χ4v) is 8.45. The zero-order valence-corrected chi connectivity index (χ0v) is 20.2. The summed E-state index contributed by atoms with van der Waals surface area (Å²) in [6, 6.07) is 14.4. The minimum atomic E-state index is -0.275. The lowest BCUT2D eigenvalue weighted by Crippen LogP contribution is -2.28. The molecule has 1 aliphatic rings. The third-order valence-electron chi connectivity index (χ3n) is 6.86. The molecule has 2 aromatic carbocycles. The Labute approximate surface area is 181 Å². The Morgan fingerprint density at radius 3 is 2.17 bits per heavy atom. The van der Waals surface area contributed by atoms with E-state index in [1.165, 1.54) is 76.2 Å². The normalized spacial score (nSPS) is 16.1. The summed E-state index contributed by atoms with van der Waals surface area (Å²) < 4.78 is 0. The number of hydrogen-bond acceptors (Lipinski definition) is 0. The lowest BCUT2D eigenvalue weighted by molar-refractivity contribution is 0.513. The highest BCUT2D eigenvalue weighted by Crippen LogP contribution is 2.48. The number of unbranched alkanes of at least 4 members (excludes halogenated alkanes) is 2. The number of hydrogen-bond donors (Lipinski definition) is 0. The van der Waals surface area contributed by atoms with Gasteiger partial charge >= 0.3 is 0 Å². The molecule has 0 radical (unpaired) electrons. The number of benzene rings is 2. The fourth-order valence-electron chi connectivity index (χ4n) is 4.95. The van der Waals surface area contributed by atoms with E-state index in [-0.39, 0.29) is 7.92 Å². The van der Waals surface area contributed by atoms with Gasteiger partial charge in [0, 0.05) is 0 Å². The monoisotopic (exact) mass is 408 g/mol. The smallest absolute Gasteiger partial charge is 0.0129 e. The average molecular weight is 409 g/mol. The van der Waals surface area contributed by atoms with E-state index in [4.69, 9.17) is 0 Å². The lowest BCUT2D eigenvalue weighted by Gasteiger charge is -2.34. The Morgan fingerprint density at radius 1 is 0.793 bits per heavy atom. The molecule has 1 unspecified atom stereocenters. The molecule has 1 fully saturated rings. The van der Waals surface area contributed by atoms with E-state index in [1.54, 1.807) is 27.3 Å². The van der Waals surface area contributed by atoms with Crippen LogP contribution in [0.25, 0.3) is 0 Å². The molecule has 3 rings (SSSR count). The summed E-state index contributed by atoms with van der Waals surface area (Å²) in [4.78, 5) is 0. The summed E-state index contributed by atoms with van der Waals surface area (Å²) in [7, 11) is -0.275. The maximum atomic E-state index is 2.52. The number of aryl methyl sites for hydroxylation is 2. The van der Waals surface area contributed by atoms with E-state index in [9.17, 15) is 0 Å². The molecular formula is C28H41P. The first-order valence-electron chi connectivity index (χ1n) is 12.1. The molecule has 0 spiro atoms. The molecule has 1 saturated carbocycles. The van der Waals surface area contributed by atoms with Crippen LogP contribution in [-0.4, -0.2) is 5.66 Å². The molecule has 1 heteroatoms. The molecule has 2 aromatic rings. The van der Waals surface area contributed by atoms with E-state index in [1.807, 2.05) is 0 Å². The van der Waals surface area contributed by atoms with Gasteiger partial charge in [-0.25, -0.2) is 0 Å². The summed E-state index contributed by atoms with van der Waals surface area (Å²) in [5.41, 5.74) is 7.24. The van der Waals surface area contributed by atoms with Crippen molar-refractivity contribution in [2.24, 2.45) is 0 Å². The van der Waals surface area contributed by atoms with Gasteiger partial charge in [-0.15, -0.1) is 0 Å². The van der Waals surface area contributed by atoms with Gasteiger partial charge in [-0.3, -0.25) is 0 Å². The van der Waals surface area contributed by atoms with Gasteiger partial charge in [0.2, 0.25) is 0 Å². The maximum absolute atomic E-state index is 2.52. The van der Waals surface area contributed by atoms with Crippen molar-refractivity contribution in [3.63, 3.8) is 0 Å². The maximum Gasteiger partial charge on any atom is -0.0129 e. The van der Waals surface area contributed by atoms with Crippen LogP contribution in [0.1, 0.15) is 93.9 Å². The largest absolute Gasteiger partial charge is 0.0654 e. The molecule has 0 amide bonds. The fraction of sp³-hybridized carbons (Fsp3) is 0.571. The molecule has 0 saturated heterocycles. The lowest BCUT2D eigenvalue weighted by atomic mass is 9.98. The topological polar surface area (TPSA) is 0 Å². The minimum Gasteiger partial charge on any atom is -0.0654 e. The minimum absolute atomic E-state index is 0.275. The standard InChI is InChI=1S/C28H41P/c1-5-7-15-24-16-13-21-28(26(24)19-8-6-2)29(25-17-10-9-11-18-25)27-20-12-14-22(3)23(27)4/h12-14,16,20-21,25H,5-11,15,17-19H2,1-4H3. The van der Waals surface area contributed by atoms with Gasteiger partial charge in [0.1, 0.15) is 0 Å². The Hall–Kier alpha value is -1.13. The predicted molar refractivity (Wildman–Crippen MR) is 133 cm³/mol. The summed E-state index contributed by atoms with van der Waals surface area (Å²) in [6.45, 7) is 9.32. The molecule has 29 heavy (non-hydrogen) atoms. The van der Waals surface area contributed by atoms with E-state index in [0.717, 1.165) is 5.66 Å². The van der Waals surface area contributed by atoms with Crippen molar-refractivity contribution in [3.05, 3.63) is 58.7 Å². The summed E-state index contributed by atoms with van der Waals surface area (Å²) in [6.07, 6.45) is 14.8. The zero-order valence-electron chi connectivity index (χ0n) is 19.3. The molecular weight excluding hydrogens is 367 g/mol. The molecule has 0 aromatic heterocycles. The molecule has 0 bridgehead atoms. The van der Waals surface area contributed by atoms with Crippen LogP contribution >= 0.6 is 7.92 Å². The van der Waals surface area contributed by atoms with Gasteiger partial charge in [-0.1, -0.05) is 82.3 Å². The van der Waals surface area contributed by atoms with Gasteiger partial charge < -0.3 is 0 Å². The average Bonchev–Trinajstić information content (AvgIpc) is 2.75. The van der Waals surface area contributed by atoms with Gasteiger partial charge in [0.15, 0.2) is 0 Å². The molecule has 0 N–H and O–H groups in total. The third kappa shape index (κ3) is 5.52. The van der Waals surface area contributed by atoms with Crippen LogP contribution in [0.3, 0.4) is 0 Å². The molecule has 0 heterocycles. The Balaban J connectivity index is 2.12. The van der Waals surface area contributed by atoms with Crippen LogP contribution in [0.2, 0.25) is 0 Å². The Morgan fingerprint density at radius 2 is 1.45 bits per heavy atom. The summed E-state index contributed by atoms with van der Waals surface area (Å²) in [5, 5.41) is 3.39. The first-order chi connectivity index (χ1) is 14.2. The van der Waals surface area contributed by atoms with Crippen molar-refractivity contribution in [1.82, 2.24) is 0 Å². The van der Waals surface area contributed by atoms with Crippen LogP contribution in [0.4, 0.5) is 0 Å². The van der Waals surface area contributed by atoms with E-state index < -0.39 is 0 Å². The van der Waals surface area contributed by atoms with Crippen molar-refractivity contribution < 1.29 is 0 Å². The Bertz CT molecular complexity index is 770. The first-order valence-corrected chi connectivity index (χ1v) is 13.5. The molecule has 0 nitrogen and oxygen atoms in total. The first kappa shape index (κ1) is 22.6. The van der Waals surface area contributed by atoms with Crippen LogP contribution < -0.4 is 10.6 Å². The van der Waals surface area contributed by atoms with Crippen LogP contribution in [0.5, 0.6) is 0 Å². The van der Waals surface area contributed by atoms with E-state index in [0.29, 0.717) is 0 Å². The van der Waals surface area contributed by atoms with Gasteiger partial charge in [0.05, 0.1) is 0 Å². The molecule has 0 aliphatic heterocycles. The van der Waals surface area contributed by atoms with E-state index in [2.05, 4.69) is 64.1 Å². The molecule has 158 valence electrons. The van der Waals surface area contributed by atoms with Crippen molar-refractivity contribution in [2.45, 2.75) is 104 Å². The van der Waals surface area contributed by atoms with Crippen LogP contribution in [0.15, 0.2) is 36.4 Å². The third-order valence-corrected chi connectivity index (χ3v) is 10.1. The molecule has 1 aliphatic carbocycles. The second kappa shape index (κ2) is 11.3. The quantitative estimate of drug-likeness (QED) is 0.372. The van der Waals surface area contributed by atoms with Crippen molar-refractivity contribution in [2.75, 3.05) is 0 Å². The van der Waals surface area contributed by atoms with Crippen LogP contribution in [-0.2, 0) is 12.8 Å².